The fourth-order valence-corrected chi connectivity index (χ4v) is 3.55. The first-order valence-corrected chi connectivity index (χ1v) is 8.91. The number of ether oxygens (including phenoxy) is 1. The maximum atomic E-state index is 12.7. The van der Waals surface area contributed by atoms with Crippen LogP contribution in [0.5, 0.6) is 5.75 Å². The van der Waals surface area contributed by atoms with Crippen molar-refractivity contribution in [2.45, 2.75) is 38.6 Å². The van der Waals surface area contributed by atoms with Crippen LogP contribution >= 0.6 is 0 Å². The summed E-state index contributed by atoms with van der Waals surface area (Å²) in [5.41, 5.74) is 1.16. The normalized spacial score (nSPS) is 18.8. The fraction of sp³-hybridized carbons (Fsp3) is 0.526. The minimum Gasteiger partial charge on any atom is -0.496 e. The number of carbonyl (C=O) groups excluding carboxylic acids is 1. The van der Waals surface area contributed by atoms with Crippen LogP contribution in [0.3, 0.4) is 0 Å². The highest BCUT2D eigenvalue weighted by atomic mass is 16.5. The molecule has 1 fully saturated rings. The van der Waals surface area contributed by atoms with Crippen LogP contribution in [0, 0.1) is 5.92 Å². The average molecular weight is 342 g/mol. The second-order valence-electron chi connectivity index (χ2n) is 6.84. The highest BCUT2D eigenvalue weighted by molar-refractivity contribution is 5.76. The number of nitrogens with zero attached hydrogens (tertiary/aromatic N) is 4. The van der Waals surface area contributed by atoms with Crippen LogP contribution in [0.25, 0.3) is 0 Å². The summed E-state index contributed by atoms with van der Waals surface area (Å²) in [5.74, 6) is 1.40. The average Bonchev–Trinajstić information content (AvgIpc) is 3.17. The molecule has 3 rings (SSSR count). The molecule has 1 aliphatic heterocycles. The van der Waals surface area contributed by atoms with E-state index < -0.39 is 0 Å². The monoisotopic (exact) mass is 342 g/mol. The Balaban J connectivity index is 1.56. The van der Waals surface area contributed by atoms with Crippen molar-refractivity contribution in [3.05, 3.63) is 42.5 Å². The first-order chi connectivity index (χ1) is 12.2. The smallest absolute Gasteiger partial charge is 0.222 e. The van der Waals surface area contributed by atoms with Crippen LogP contribution in [0.1, 0.15) is 37.8 Å². The summed E-state index contributed by atoms with van der Waals surface area (Å²) < 4.78 is 7.28. The molecule has 1 aromatic heterocycles. The number of rotatable bonds is 6. The first-order valence-electron chi connectivity index (χ1n) is 8.91. The van der Waals surface area contributed by atoms with Gasteiger partial charge in [0.15, 0.2) is 0 Å². The summed E-state index contributed by atoms with van der Waals surface area (Å²) in [5, 5.41) is 4.22. The molecule has 1 saturated heterocycles. The molecule has 1 aromatic carbocycles. The van der Waals surface area contributed by atoms with Crippen molar-refractivity contribution in [1.82, 2.24) is 19.7 Å². The minimum absolute atomic E-state index is 0.229. The zero-order valence-electron chi connectivity index (χ0n) is 15.0. The van der Waals surface area contributed by atoms with Crippen LogP contribution in [-0.4, -0.2) is 45.8 Å². The number of likely N-dealkylation sites (tertiary alicyclic amines) is 1. The summed E-state index contributed by atoms with van der Waals surface area (Å²) in [6.45, 7) is 3.69. The van der Waals surface area contributed by atoms with Gasteiger partial charge in [-0.2, -0.15) is 5.10 Å². The Morgan fingerprint density at radius 1 is 1.40 bits per heavy atom. The third-order valence-electron chi connectivity index (χ3n) is 4.84. The zero-order valence-corrected chi connectivity index (χ0v) is 15.0. The van der Waals surface area contributed by atoms with Gasteiger partial charge in [-0.15, -0.1) is 0 Å². The third kappa shape index (κ3) is 4.38. The summed E-state index contributed by atoms with van der Waals surface area (Å²) in [6.07, 6.45) is 6.75. The second-order valence-corrected chi connectivity index (χ2v) is 6.84. The van der Waals surface area contributed by atoms with Gasteiger partial charge in [-0.3, -0.25) is 4.79 Å². The predicted molar refractivity (Wildman–Crippen MR) is 95.4 cm³/mol. The van der Waals surface area contributed by atoms with Gasteiger partial charge in [0, 0.05) is 19.5 Å². The van der Waals surface area contributed by atoms with E-state index in [9.17, 15) is 4.79 Å². The van der Waals surface area contributed by atoms with E-state index in [4.69, 9.17) is 4.74 Å². The lowest BCUT2D eigenvalue weighted by Gasteiger charge is -2.33. The maximum absolute atomic E-state index is 12.7. The molecule has 0 N–H and O–H groups in total. The highest BCUT2D eigenvalue weighted by Gasteiger charge is 2.26. The summed E-state index contributed by atoms with van der Waals surface area (Å²) in [4.78, 5) is 18.7. The number of carbonyl (C=O) groups is 1. The lowest BCUT2D eigenvalue weighted by atomic mass is 9.96. The lowest BCUT2D eigenvalue weighted by molar-refractivity contribution is -0.133. The van der Waals surface area contributed by atoms with E-state index in [1.807, 2.05) is 27.8 Å². The lowest BCUT2D eigenvalue weighted by Crippen LogP contribution is -2.41. The molecule has 0 spiro atoms. The Labute approximate surface area is 148 Å². The molecular formula is C19H26N4O2. The Kier molecular flexibility index (Phi) is 5.68. The predicted octanol–water partition coefficient (Wildman–Crippen LogP) is 2.72. The van der Waals surface area contributed by atoms with Gasteiger partial charge in [0.1, 0.15) is 18.4 Å². The molecular weight excluding hydrogens is 316 g/mol. The molecule has 0 radical (unpaired) electrons. The second kappa shape index (κ2) is 8.14. The Morgan fingerprint density at radius 3 is 3.00 bits per heavy atom. The quantitative estimate of drug-likeness (QED) is 0.810. The van der Waals surface area contributed by atoms with Crippen molar-refractivity contribution in [3.63, 3.8) is 0 Å². The van der Waals surface area contributed by atoms with Gasteiger partial charge in [-0.05, 0) is 36.8 Å². The van der Waals surface area contributed by atoms with E-state index in [-0.39, 0.29) is 17.9 Å². The van der Waals surface area contributed by atoms with Crippen molar-refractivity contribution in [3.8, 4) is 5.75 Å². The van der Waals surface area contributed by atoms with Crippen molar-refractivity contribution in [2.75, 3.05) is 20.2 Å². The molecule has 134 valence electrons. The van der Waals surface area contributed by atoms with Crippen molar-refractivity contribution >= 4 is 5.91 Å². The number of benzene rings is 1. The zero-order chi connectivity index (χ0) is 17.6. The molecule has 0 unspecified atom stereocenters. The van der Waals surface area contributed by atoms with Crippen molar-refractivity contribution in [2.24, 2.45) is 5.92 Å². The topological polar surface area (TPSA) is 60.2 Å². The highest BCUT2D eigenvalue weighted by Crippen LogP contribution is 2.24. The minimum atomic E-state index is 0.229. The van der Waals surface area contributed by atoms with E-state index in [0.717, 1.165) is 43.7 Å². The molecule has 25 heavy (non-hydrogen) atoms. The van der Waals surface area contributed by atoms with Crippen molar-refractivity contribution in [1.29, 1.82) is 0 Å². The number of methoxy groups -OCH3 is 1. The maximum Gasteiger partial charge on any atom is 0.222 e. The molecule has 2 heterocycles. The van der Waals surface area contributed by atoms with Crippen LogP contribution in [0.15, 0.2) is 36.9 Å². The summed E-state index contributed by atoms with van der Waals surface area (Å²) in [6, 6.07) is 8.26. The summed E-state index contributed by atoms with van der Waals surface area (Å²) in [7, 11) is 1.69. The fourth-order valence-electron chi connectivity index (χ4n) is 3.55. The van der Waals surface area contributed by atoms with E-state index in [1.54, 1.807) is 19.8 Å². The number of para-hydroxylation sites is 1. The Hall–Kier alpha value is -2.37. The third-order valence-corrected chi connectivity index (χ3v) is 4.84. The van der Waals surface area contributed by atoms with E-state index in [2.05, 4.69) is 23.1 Å². The molecule has 0 saturated carbocycles. The largest absolute Gasteiger partial charge is 0.496 e. The number of piperidine rings is 1. The Morgan fingerprint density at radius 2 is 2.24 bits per heavy atom. The van der Waals surface area contributed by atoms with Crippen LogP contribution in [0.4, 0.5) is 0 Å². The molecule has 0 bridgehead atoms. The van der Waals surface area contributed by atoms with E-state index in [0.29, 0.717) is 6.42 Å². The van der Waals surface area contributed by atoms with Gasteiger partial charge in [-0.25, -0.2) is 9.67 Å². The molecule has 1 aliphatic rings. The molecule has 6 heteroatoms. The molecule has 0 aliphatic carbocycles. The molecule has 1 amide bonds. The molecule has 6 nitrogen and oxygen atoms in total. The number of hydrogen-bond donors (Lipinski definition) is 0. The standard InChI is InChI=1S/C19H26N4O2/c1-15(10-16-6-3-4-8-18(16)25-2)11-19(24)22-9-5-7-17(12-22)23-14-20-13-21-23/h3-4,6,8,13-15,17H,5,7,9-12H2,1-2H3/t15-,17-/m1/s1. The van der Waals surface area contributed by atoms with Crippen LogP contribution in [0.2, 0.25) is 0 Å². The summed E-state index contributed by atoms with van der Waals surface area (Å²) >= 11 is 0. The van der Waals surface area contributed by atoms with Gasteiger partial charge in [0.2, 0.25) is 5.91 Å². The number of hydrogen-bond acceptors (Lipinski definition) is 4. The first kappa shape index (κ1) is 17.5. The SMILES string of the molecule is COc1ccccc1C[C@@H](C)CC(=O)N1CCC[C@@H](n2cncn2)C1. The van der Waals surface area contributed by atoms with Crippen LogP contribution in [-0.2, 0) is 11.2 Å². The Bertz CT molecular complexity index is 686. The number of aromatic nitrogens is 3. The molecule has 2 atom stereocenters. The molecule has 2 aromatic rings. The van der Waals surface area contributed by atoms with Gasteiger partial charge >= 0.3 is 0 Å². The number of amides is 1. The van der Waals surface area contributed by atoms with Crippen molar-refractivity contribution < 1.29 is 9.53 Å². The van der Waals surface area contributed by atoms with Gasteiger partial charge < -0.3 is 9.64 Å². The van der Waals surface area contributed by atoms with Gasteiger partial charge in [0.25, 0.3) is 0 Å². The van der Waals surface area contributed by atoms with Gasteiger partial charge in [-0.1, -0.05) is 25.1 Å². The van der Waals surface area contributed by atoms with Crippen LogP contribution < -0.4 is 4.74 Å². The van der Waals surface area contributed by atoms with Gasteiger partial charge in [0.05, 0.1) is 13.2 Å². The van der Waals surface area contributed by atoms with E-state index >= 15 is 0 Å². The van der Waals surface area contributed by atoms with E-state index in [1.165, 1.54) is 0 Å².